The molecule has 0 aromatic heterocycles. The molecule has 0 radical (unpaired) electrons. The van der Waals surface area contributed by atoms with Gasteiger partial charge in [-0.2, -0.15) is 0 Å². The van der Waals surface area contributed by atoms with Crippen LogP contribution in [0.2, 0.25) is 0 Å². The first-order valence-corrected chi connectivity index (χ1v) is 30.9. The number of carbonyl (C=O) groups excluding carboxylic acids is 1. The van der Waals surface area contributed by atoms with Gasteiger partial charge in [0.05, 0.1) is 26.4 Å². The van der Waals surface area contributed by atoms with Gasteiger partial charge in [-0.25, -0.2) is 0 Å². The molecule has 2 heterocycles. The highest BCUT2D eigenvalue weighted by Crippen LogP contribution is 2.27. The monoisotopic (exact) mass is 1070 g/mol. The maximum atomic E-state index is 13.1. The molecule has 442 valence electrons. The number of esters is 1. The van der Waals surface area contributed by atoms with Crippen LogP contribution in [-0.2, 0) is 33.2 Å². The van der Waals surface area contributed by atoms with E-state index >= 15 is 0 Å². The zero-order chi connectivity index (χ0) is 54.4. The summed E-state index contributed by atoms with van der Waals surface area (Å²) < 4.78 is 34.5. The highest BCUT2D eigenvalue weighted by atomic mass is 16.7. The second kappa shape index (κ2) is 48.4. The van der Waals surface area contributed by atoms with Crippen molar-refractivity contribution in [3.63, 3.8) is 0 Å². The van der Waals surface area contributed by atoms with E-state index in [9.17, 15) is 40.5 Å². The van der Waals surface area contributed by atoms with Crippen molar-refractivity contribution in [1.29, 1.82) is 0 Å². The summed E-state index contributed by atoms with van der Waals surface area (Å²) in [5, 5.41) is 72.4. The fraction of sp³-hybridized carbons (Fsp3) is 0.918. The minimum atomic E-state index is -1.71. The summed E-state index contributed by atoms with van der Waals surface area (Å²) >= 11 is 0. The smallest absolute Gasteiger partial charge is 0.306 e. The van der Waals surface area contributed by atoms with Crippen LogP contribution in [0.5, 0.6) is 0 Å². The molecule has 0 amide bonds. The van der Waals surface area contributed by atoms with Gasteiger partial charge >= 0.3 is 5.97 Å². The van der Waals surface area contributed by atoms with Crippen molar-refractivity contribution in [2.24, 2.45) is 0 Å². The Balaban J connectivity index is 1.68. The molecule has 11 atom stereocenters. The molecule has 2 aliphatic rings. The molecular weight excluding hydrogens is 957 g/mol. The number of rotatable bonds is 51. The van der Waals surface area contributed by atoms with Crippen molar-refractivity contribution in [2.45, 2.75) is 325 Å². The first-order chi connectivity index (χ1) is 36.6. The fourth-order valence-corrected chi connectivity index (χ4v) is 9.97. The van der Waals surface area contributed by atoms with Gasteiger partial charge in [0.1, 0.15) is 54.9 Å². The molecule has 75 heavy (non-hydrogen) atoms. The number of unbranched alkanes of at least 4 members (excludes halogenated alkanes) is 33. The highest BCUT2D eigenvalue weighted by Gasteiger charge is 2.47. The van der Waals surface area contributed by atoms with E-state index in [1.54, 1.807) is 0 Å². The maximum Gasteiger partial charge on any atom is 0.306 e. The third kappa shape index (κ3) is 35.0. The lowest BCUT2D eigenvalue weighted by atomic mass is 9.98. The topological polar surface area (TPSA) is 214 Å². The van der Waals surface area contributed by atoms with E-state index in [0.29, 0.717) is 13.0 Å². The van der Waals surface area contributed by atoms with Crippen molar-refractivity contribution >= 4 is 5.97 Å². The van der Waals surface area contributed by atoms with Crippen LogP contribution in [0.4, 0.5) is 0 Å². The molecule has 7 N–H and O–H groups in total. The number of hydrogen-bond donors (Lipinski definition) is 7. The molecule has 0 saturated carbocycles. The number of aliphatic hydroxyl groups excluding tert-OH is 7. The quantitative estimate of drug-likeness (QED) is 0.0172. The molecule has 0 aromatic carbocycles. The lowest BCUT2D eigenvalue weighted by Gasteiger charge is -2.42. The summed E-state index contributed by atoms with van der Waals surface area (Å²) in [6.45, 7) is 3.72. The van der Waals surface area contributed by atoms with E-state index in [4.69, 9.17) is 28.4 Å². The fourth-order valence-electron chi connectivity index (χ4n) is 9.97. The predicted molar refractivity (Wildman–Crippen MR) is 298 cm³/mol. The molecule has 2 fully saturated rings. The zero-order valence-corrected chi connectivity index (χ0v) is 47.6. The summed E-state index contributed by atoms with van der Waals surface area (Å²) in [7, 11) is 0. The Morgan fingerprint density at radius 2 is 0.827 bits per heavy atom. The van der Waals surface area contributed by atoms with Crippen LogP contribution in [0.25, 0.3) is 0 Å². The van der Waals surface area contributed by atoms with E-state index < -0.39 is 80.7 Å². The molecular formula is C61H114O14. The number of ether oxygens (including phenoxy) is 6. The van der Waals surface area contributed by atoms with E-state index in [1.165, 1.54) is 180 Å². The number of carbonyl (C=O) groups is 1. The van der Waals surface area contributed by atoms with Gasteiger partial charge < -0.3 is 64.2 Å². The number of aliphatic hydroxyl groups is 7. The number of allylic oxidation sites excluding steroid dienone is 4. The molecule has 0 bridgehead atoms. The first-order valence-electron chi connectivity index (χ1n) is 30.9. The van der Waals surface area contributed by atoms with Crippen molar-refractivity contribution in [3.8, 4) is 0 Å². The van der Waals surface area contributed by atoms with Crippen molar-refractivity contribution in [3.05, 3.63) is 24.3 Å². The largest absolute Gasteiger partial charge is 0.457 e. The molecule has 0 aliphatic carbocycles. The average molecular weight is 1070 g/mol. The average Bonchev–Trinajstić information content (AvgIpc) is 3.41. The van der Waals surface area contributed by atoms with Crippen LogP contribution in [0.1, 0.15) is 258 Å². The molecule has 2 saturated heterocycles. The van der Waals surface area contributed by atoms with Crippen LogP contribution in [0.15, 0.2) is 24.3 Å². The Morgan fingerprint density at radius 3 is 1.31 bits per heavy atom. The second-order valence-corrected chi connectivity index (χ2v) is 21.9. The van der Waals surface area contributed by atoms with Gasteiger partial charge in [-0.3, -0.25) is 4.79 Å². The number of hydrogen-bond acceptors (Lipinski definition) is 14. The molecule has 14 nitrogen and oxygen atoms in total. The Labute approximate surface area is 456 Å². The Hall–Kier alpha value is -1.53. The molecule has 0 aromatic rings. The second-order valence-electron chi connectivity index (χ2n) is 21.9. The minimum absolute atomic E-state index is 0.0649. The Bertz CT molecular complexity index is 1330. The van der Waals surface area contributed by atoms with Crippen LogP contribution in [0, 0.1) is 0 Å². The third-order valence-corrected chi connectivity index (χ3v) is 15.0. The first kappa shape index (κ1) is 69.6. The van der Waals surface area contributed by atoms with Crippen LogP contribution in [0.3, 0.4) is 0 Å². The van der Waals surface area contributed by atoms with Crippen LogP contribution >= 0.6 is 0 Å². The molecule has 11 unspecified atom stereocenters. The molecule has 2 aliphatic heterocycles. The SMILES string of the molecule is CCCCC/C=C\C/C=C\CCCCCCCCCCCC(=O)OC(COCCCCCCCCCCCCCCCCCCCCCCCC)COC1OC(COC2OC(CO)C(O)C(O)C2O)C(O)C(O)C1O. The van der Waals surface area contributed by atoms with Crippen LogP contribution < -0.4 is 0 Å². The molecule has 2 rings (SSSR count). The lowest BCUT2D eigenvalue weighted by Crippen LogP contribution is -2.61. The molecule has 14 heteroatoms. The summed E-state index contributed by atoms with van der Waals surface area (Å²) in [4.78, 5) is 13.1. The standard InChI is InChI=1S/C61H114O14/c1-3-5-7-9-11-13-15-17-19-21-23-24-25-27-29-31-33-35-37-39-41-43-45-70-47-50(73-53(63)44-42-40-38-36-34-32-30-28-26-22-20-18-16-14-12-10-8-6-4-2)48-71-60-59(69)57(67)55(65)52(75-60)49-72-61-58(68)56(66)54(64)51(46-62)74-61/h12,14,18,20,50-52,54-62,64-69H,3-11,13,15-17,19,21-49H2,1-2H3/b14-12-,20-18-. The normalized spacial score (nSPS) is 24.7. The Morgan fingerprint density at radius 1 is 0.440 bits per heavy atom. The van der Waals surface area contributed by atoms with E-state index in [0.717, 1.165) is 51.4 Å². The zero-order valence-electron chi connectivity index (χ0n) is 47.6. The summed E-state index contributed by atoms with van der Waals surface area (Å²) in [6, 6.07) is 0. The summed E-state index contributed by atoms with van der Waals surface area (Å²) in [6.07, 6.45) is 39.5. The van der Waals surface area contributed by atoms with Crippen molar-refractivity contribution < 1.29 is 69.0 Å². The summed E-state index contributed by atoms with van der Waals surface area (Å²) in [5.74, 6) is -0.375. The summed E-state index contributed by atoms with van der Waals surface area (Å²) in [5.41, 5.74) is 0. The van der Waals surface area contributed by atoms with Gasteiger partial charge in [0.25, 0.3) is 0 Å². The van der Waals surface area contributed by atoms with E-state index in [2.05, 4.69) is 38.2 Å². The van der Waals surface area contributed by atoms with Gasteiger partial charge in [0, 0.05) is 13.0 Å². The Kier molecular flexibility index (Phi) is 44.9. The van der Waals surface area contributed by atoms with Gasteiger partial charge in [-0.1, -0.05) is 231 Å². The maximum absolute atomic E-state index is 13.1. The highest BCUT2D eigenvalue weighted by molar-refractivity contribution is 5.69. The van der Waals surface area contributed by atoms with Gasteiger partial charge in [0.2, 0.25) is 0 Å². The van der Waals surface area contributed by atoms with Crippen LogP contribution in [-0.4, -0.2) is 142 Å². The van der Waals surface area contributed by atoms with Gasteiger partial charge in [0.15, 0.2) is 12.6 Å². The van der Waals surface area contributed by atoms with Crippen molar-refractivity contribution in [2.75, 3.05) is 33.0 Å². The lowest BCUT2D eigenvalue weighted by molar-refractivity contribution is -0.332. The van der Waals surface area contributed by atoms with Gasteiger partial charge in [-0.05, 0) is 44.9 Å². The molecule has 0 spiro atoms. The van der Waals surface area contributed by atoms with E-state index in [1.807, 2.05) is 0 Å². The van der Waals surface area contributed by atoms with Crippen molar-refractivity contribution in [1.82, 2.24) is 0 Å². The predicted octanol–water partition coefficient (Wildman–Crippen LogP) is 11.5. The minimum Gasteiger partial charge on any atom is -0.457 e. The third-order valence-electron chi connectivity index (χ3n) is 15.0. The van der Waals surface area contributed by atoms with Gasteiger partial charge in [-0.15, -0.1) is 0 Å². The van der Waals surface area contributed by atoms with E-state index in [-0.39, 0.29) is 25.6 Å².